The first-order valence-electron chi connectivity index (χ1n) is 6.25. The molecular formula is C12H21NO3. The lowest BCUT2D eigenvalue weighted by Crippen LogP contribution is -2.45. The third-order valence-corrected chi connectivity index (χ3v) is 3.83. The molecule has 2 rings (SSSR count). The van der Waals surface area contributed by atoms with E-state index in [0.29, 0.717) is 12.1 Å². The van der Waals surface area contributed by atoms with Gasteiger partial charge in [-0.25, -0.2) is 0 Å². The first kappa shape index (κ1) is 11.9. The summed E-state index contributed by atoms with van der Waals surface area (Å²) in [6, 6.07) is 0.374. The maximum Gasteiger partial charge on any atom is 0.306 e. The van der Waals surface area contributed by atoms with Gasteiger partial charge in [0.25, 0.3) is 0 Å². The third-order valence-electron chi connectivity index (χ3n) is 3.83. The molecule has 92 valence electrons. The van der Waals surface area contributed by atoms with Gasteiger partial charge < -0.3 is 9.84 Å². The number of aliphatic carboxylic acids is 1. The van der Waals surface area contributed by atoms with Gasteiger partial charge in [0.15, 0.2) is 0 Å². The van der Waals surface area contributed by atoms with Gasteiger partial charge in [-0.1, -0.05) is 0 Å². The molecule has 0 aromatic carbocycles. The number of likely N-dealkylation sites (tertiary alicyclic amines) is 1. The number of hydrogen-bond donors (Lipinski definition) is 1. The molecule has 2 aliphatic rings. The van der Waals surface area contributed by atoms with Crippen molar-refractivity contribution in [3.63, 3.8) is 0 Å². The molecule has 0 saturated carbocycles. The minimum absolute atomic E-state index is 0.143. The summed E-state index contributed by atoms with van der Waals surface area (Å²) in [5.41, 5.74) is 0. The fourth-order valence-corrected chi connectivity index (χ4v) is 2.77. The number of ether oxygens (including phenoxy) is 1. The van der Waals surface area contributed by atoms with Crippen LogP contribution in [0.25, 0.3) is 0 Å². The van der Waals surface area contributed by atoms with Crippen molar-refractivity contribution in [1.82, 2.24) is 4.90 Å². The lowest BCUT2D eigenvalue weighted by Gasteiger charge is -2.37. The van der Waals surface area contributed by atoms with Crippen molar-refractivity contribution in [3.8, 4) is 0 Å². The van der Waals surface area contributed by atoms with Crippen molar-refractivity contribution in [2.45, 2.75) is 44.8 Å². The zero-order chi connectivity index (χ0) is 11.5. The van der Waals surface area contributed by atoms with Gasteiger partial charge in [-0.3, -0.25) is 9.69 Å². The van der Waals surface area contributed by atoms with Gasteiger partial charge in [0.2, 0.25) is 0 Å². The normalized spacial score (nSPS) is 36.4. The summed E-state index contributed by atoms with van der Waals surface area (Å²) < 4.78 is 5.62. The van der Waals surface area contributed by atoms with Crippen molar-refractivity contribution in [2.75, 3.05) is 19.7 Å². The van der Waals surface area contributed by atoms with Crippen molar-refractivity contribution < 1.29 is 14.6 Å². The highest BCUT2D eigenvalue weighted by molar-refractivity contribution is 5.70. The SMILES string of the molecule is CC1CC(C(=O)O)CCN1CC1CCCO1. The summed E-state index contributed by atoms with van der Waals surface area (Å²) in [7, 11) is 0. The average molecular weight is 227 g/mol. The topological polar surface area (TPSA) is 49.8 Å². The fourth-order valence-electron chi connectivity index (χ4n) is 2.77. The lowest BCUT2D eigenvalue weighted by atomic mass is 9.91. The number of piperidine rings is 1. The van der Waals surface area contributed by atoms with Crippen molar-refractivity contribution in [2.24, 2.45) is 5.92 Å². The standard InChI is InChI=1S/C12H21NO3/c1-9-7-10(12(14)15)4-5-13(9)8-11-3-2-6-16-11/h9-11H,2-8H2,1H3,(H,14,15). The molecule has 0 spiro atoms. The third kappa shape index (κ3) is 2.74. The largest absolute Gasteiger partial charge is 0.481 e. The molecule has 0 aliphatic carbocycles. The van der Waals surface area contributed by atoms with E-state index < -0.39 is 5.97 Å². The Balaban J connectivity index is 1.81. The van der Waals surface area contributed by atoms with Crippen LogP contribution in [-0.4, -0.2) is 47.8 Å². The van der Waals surface area contributed by atoms with Crippen LogP contribution < -0.4 is 0 Å². The number of carbonyl (C=O) groups is 1. The van der Waals surface area contributed by atoms with Gasteiger partial charge >= 0.3 is 5.97 Å². The zero-order valence-corrected chi connectivity index (χ0v) is 9.89. The zero-order valence-electron chi connectivity index (χ0n) is 9.89. The van der Waals surface area contributed by atoms with Crippen LogP contribution in [0.1, 0.15) is 32.6 Å². The Bertz CT molecular complexity index is 251. The van der Waals surface area contributed by atoms with E-state index >= 15 is 0 Å². The molecule has 2 aliphatic heterocycles. The van der Waals surface area contributed by atoms with Crippen LogP contribution in [0.2, 0.25) is 0 Å². The molecule has 2 saturated heterocycles. The molecule has 3 atom stereocenters. The number of rotatable bonds is 3. The molecule has 0 radical (unpaired) electrons. The van der Waals surface area contributed by atoms with Crippen LogP contribution in [0, 0.1) is 5.92 Å². The second-order valence-electron chi connectivity index (χ2n) is 5.04. The Labute approximate surface area is 96.6 Å². The Kier molecular flexibility index (Phi) is 3.82. The number of carboxylic acid groups (broad SMARTS) is 1. The minimum atomic E-state index is -0.636. The molecule has 2 heterocycles. The van der Waals surface area contributed by atoms with E-state index in [1.54, 1.807) is 0 Å². The summed E-state index contributed by atoms with van der Waals surface area (Å²) in [4.78, 5) is 13.3. The highest BCUT2D eigenvalue weighted by Crippen LogP contribution is 2.24. The smallest absolute Gasteiger partial charge is 0.306 e. The molecular weight excluding hydrogens is 206 g/mol. The van der Waals surface area contributed by atoms with E-state index in [2.05, 4.69) is 11.8 Å². The maximum absolute atomic E-state index is 10.9. The summed E-state index contributed by atoms with van der Waals surface area (Å²) >= 11 is 0. The minimum Gasteiger partial charge on any atom is -0.481 e. The van der Waals surface area contributed by atoms with Crippen LogP contribution in [0.3, 0.4) is 0 Å². The molecule has 2 fully saturated rings. The predicted octanol–water partition coefficient (Wildman–Crippen LogP) is 1.35. The van der Waals surface area contributed by atoms with Gasteiger partial charge in [-0.05, 0) is 39.2 Å². The van der Waals surface area contributed by atoms with Crippen molar-refractivity contribution in [3.05, 3.63) is 0 Å². The van der Waals surface area contributed by atoms with E-state index in [4.69, 9.17) is 9.84 Å². The summed E-state index contributed by atoms with van der Waals surface area (Å²) in [5.74, 6) is -0.778. The van der Waals surface area contributed by atoms with Gasteiger partial charge in [0.1, 0.15) is 0 Å². The van der Waals surface area contributed by atoms with Crippen LogP contribution in [-0.2, 0) is 9.53 Å². The average Bonchev–Trinajstić information content (AvgIpc) is 2.73. The van der Waals surface area contributed by atoms with Crippen LogP contribution >= 0.6 is 0 Å². The number of carboxylic acids is 1. The molecule has 16 heavy (non-hydrogen) atoms. The Hall–Kier alpha value is -0.610. The Morgan fingerprint density at radius 1 is 1.50 bits per heavy atom. The second kappa shape index (κ2) is 5.15. The van der Waals surface area contributed by atoms with Gasteiger partial charge in [-0.2, -0.15) is 0 Å². The quantitative estimate of drug-likeness (QED) is 0.790. The van der Waals surface area contributed by atoms with E-state index in [1.165, 1.54) is 6.42 Å². The molecule has 0 aromatic rings. The molecule has 0 amide bonds. The highest BCUT2D eigenvalue weighted by atomic mass is 16.5. The molecule has 0 aromatic heterocycles. The highest BCUT2D eigenvalue weighted by Gasteiger charge is 2.31. The van der Waals surface area contributed by atoms with Gasteiger partial charge in [0.05, 0.1) is 12.0 Å². The van der Waals surface area contributed by atoms with Crippen molar-refractivity contribution in [1.29, 1.82) is 0 Å². The molecule has 4 heteroatoms. The van der Waals surface area contributed by atoms with Crippen LogP contribution in [0.4, 0.5) is 0 Å². The summed E-state index contributed by atoms with van der Waals surface area (Å²) in [6.45, 7) is 4.90. The van der Waals surface area contributed by atoms with Gasteiger partial charge in [-0.15, -0.1) is 0 Å². The summed E-state index contributed by atoms with van der Waals surface area (Å²) in [5, 5.41) is 8.98. The van der Waals surface area contributed by atoms with Crippen molar-refractivity contribution >= 4 is 5.97 Å². The molecule has 3 unspecified atom stereocenters. The molecule has 1 N–H and O–H groups in total. The fraction of sp³-hybridized carbons (Fsp3) is 0.917. The molecule has 0 bridgehead atoms. The van der Waals surface area contributed by atoms with Gasteiger partial charge in [0, 0.05) is 19.2 Å². The first-order chi connectivity index (χ1) is 7.66. The molecule has 4 nitrogen and oxygen atoms in total. The van der Waals surface area contributed by atoms with Crippen LogP contribution in [0.15, 0.2) is 0 Å². The Morgan fingerprint density at radius 2 is 2.31 bits per heavy atom. The summed E-state index contributed by atoms with van der Waals surface area (Å²) in [6.07, 6.45) is 4.27. The van der Waals surface area contributed by atoms with E-state index in [1.807, 2.05) is 0 Å². The number of hydrogen-bond acceptors (Lipinski definition) is 3. The Morgan fingerprint density at radius 3 is 2.88 bits per heavy atom. The second-order valence-corrected chi connectivity index (χ2v) is 5.04. The maximum atomic E-state index is 10.9. The van der Waals surface area contributed by atoms with E-state index in [9.17, 15) is 4.79 Å². The van der Waals surface area contributed by atoms with E-state index in [-0.39, 0.29) is 5.92 Å². The van der Waals surface area contributed by atoms with Crippen LogP contribution in [0.5, 0.6) is 0 Å². The lowest BCUT2D eigenvalue weighted by molar-refractivity contribution is -0.144. The van der Waals surface area contributed by atoms with E-state index in [0.717, 1.165) is 39.0 Å². The monoisotopic (exact) mass is 227 g/mol. The number of nitrogens with zero attached hydrogens (tertiary/aromatic N) is 1. The first-order valence-corrected chi connectivity index (χ1v) is 6.25. The predicted molar refractivity (Wildman–Crippen MR) is 60.4 cm³/mol.